The summed E-state index contributed by atoms with van der Waals surface area (Å²) in [7, 11) is 1.19. The maximum Gasteiger partial charge on any atom is 0.406 e. The van der Waals surface area contributed by atoms with Gasteiger partial charge in [0.05, 0.1) is 18.0 Å². The summed E-state index contributed by atoms with van der Waals surface area (Å²) < 4.78 is 62.2. The minimum absolute atomic E-state index is 0.0741. The van der Waals surface area contributed by atoms with Crippen LogP contribution in [0.25, 0.3) is 10.9 Å². The smallest absolute Gasteiger partial charge is 0.406 e. The number of halogens is 6. The number of nitrogens with two attached hydrogens (primary N) is 1. The monoisotopic (exact) mass is 588 g/mol. The molecule has 1 aliphatic heterocycles. The van der Waals surface area contributed by atoms with Gasteiger partial charge in [-0.25, -0.2) is 4.39 Å². The Morgan fingerprint density at radius 2 is 1.79 bits per heavy atom. The van der Waals surface area contributed by atoms with E-state index in [1.165, 1.54) is 7.11 Å². The number of benzene rings is 2. The second kappa shape index (κ2) is 10.9. The van der Waals surface area contributed by atoms with Crippen molar-refractivity contribution in [3.63, 3.8) is 0 Å². The van der Waals surface area contributed by atoms with Crippen molar-refractivity contribution in [3.05, 3.63) is 67.7 Å². The highest BCUT2D eigenvalue weighted by Gasteiger charge is 2.35. The van der Waals surface area contributed by atoms with Gasteiger partial charge >= 0.3 is 6.18 Å². The van der Waals surface area contributed by atoms with Gasteiger partial charge in [-0.3, -0.25) is 14.5 Å². The van der Waals surface area contributed by atoms with Gasteiger partial charge in [0.2, 0.25) is 5.43 Å². The van der Waals surface area contributed by atoms with Crippen LogP contribution < -0.4 is 20.8 Å². The summed E-state index contributed by atoms with van der Waals surface area (Å²) in [5, 5.41) is 0.593. The Bertz CT molecular complexity index is 1480. The van der Waals surface area contributed by atoms with E-state index in [0.717, 1.165) is 17.8 Å². The first-order valence-electron chi connectivity index (χ1n) is 12.0. The molecule has 0 saturated carbocycles. The van der Waals surface area contributed by atoms with E-state index in [4.69, 9.17) is 33.7 Å². The quantitative estimate of drug-likeness (QED) is 0.399. The van der Waals surface area contributed by atoms with Crippen LogP contribution in [0, 0.1) is 5.82 Å². The van der Waals surface area contributed by atoms with E-state index in [1.54, 1.807) is 17.0 Å². The SMILES string of the molecule is COc1c(N2CC(C)N(Cc3ccc(Cl)cc3Cl)C(C)C2)c(F)cc2c(=O)c(C(N)=O)cn(CC(F)(F)F)c12. The number of pyridine rings is 1. The topological polar surface area (TPSA) is 80.8 Å². The third-order valence-electron chi connectivity index (χ3n) is 6.85. The Balaban J connectivity index is 1.80. The van der Waals surface area contributed by atoms with E-state index < -0.39 is 40.8 Å². The number of primary amides is 1. The summed E-state index contributed by atoms with van der Waals surface area (Å²) >= 11 is 12.4. The van der Waals surface area contributed by atoms with Gasteiger partial charge < -0.3 is 19.9 Å². The van der Waals surface area contributed by atoms with Crippen molar-refractivity contribution < 1.29 is 27.1 Å². The summed E-state index contributed by atoms with van der Waals surface area (Å²) in [4.78, 5) is 28.6. The fraction of sp³-hybridized carbons (Fsp3) is 0.385. The molecule has 2 heterocycles. The number of ether oxygens (including phenoxy) is 1. The number of hydrogen-bond donors (Lipinski definition) is 1. The van der Waals surface area contributed by atoms with Crippen molar-refractivity contribution in [2.75, 3.05) is 25.1 Å². The molecule has 210 valence electrons. The van der Waals surface area contributed by atoms with Gasteiger partial charge in [-0.2, -0.15) is 13.2 Å². The molecule has 2 unspecified atom stereocenters. The first kappa shape index (κ1) is 29.0. The molecule has 0 radical (unpaired) electrons. The zero-order valence-electron chi connectivity index (χ0n) is 21.3. The van der Waals surface area contributed by atoms with Crippen LogP contribution in [0.15, 0.2) is 35.3 Å². The average molecular weight is 589 g/mol. The molecular weight excluding hydrogens is 563 g/mol. The molecule has 39 heavy (non-hydrogen) atoms. The van der Waals surface area contributed by atoms with E-state index in [9.17, 15) is 22.8 Å². The lowest BCUT2D eigenvalue weighted by molar-refractivity contribution is -0.140. The van der Waals surface area contributed by atoms with Gasteiger partial charge in [0.15, 0.2) is 11.6 Å². The lowest BCUT2D eigenvalue weighted by atomic mass is 10.0. The largest absolute Gasteiger partial charge is 0.492 e. The molecule has 13 heteroatoms. The predicted octanol–water partition coefficient (Wildman–Crippen LogP) is 5.22. The molecule has 3 aromatic rings. The van der Waals surface area contributed by atoms with E-state index >= 15 is 4.39 Å². The van der Waals surface area contributed by atoms with Crippen LogP contribution in [0.2, 0.25) is 10.0 Å². The summed E-state index contributed by atoms with van der Waals surface area (Å²) in [5.74, 6) is -2.33. The molecular formula is C26H26Cl2F4N4O3. The molecule has 4 rings (SSSR count). The fourth-order valence-electron chi connectivity index (χ4n) is 5.17. The zero-order valence-corrected chi connectivity index (χ0v) is 22.8. The number of aromatic nitrogens is 1. The van der Waals surface area contributed by atoms with Gasteiger partial charge in [0, 0.05) is 48.0 Å². The van der Waals surface area contributed by atoms with E-state index in [0.29, 0.717) is 34.2 Å². The molecule has 1 fully saturated rings. The maximum atomic E-state index is 15.7. The third-order valence-corrected chi connectivity index (χ3v) is 7.44. The van der Waals surface area contributed by atoms with Crippen LogP contribution in [0.1, 0.15) is 29.8 Å². The lowest BCUT2D eigenvalue weighted by Crippen LogP contribution is -2.56. The van der Waals surface area contributed by atoms with Crippen molar-refractivity contribution in [1.29, 1.82) is 0 Å². The minimum Gasteiger partial charge on any atom is -0.492 e. The average Bonchev–Trinajstić information content (AvgIpc) is 2.82. The Labute approximate surface area is 231 Å². The Hall–Kier alpha value is -3.02. The number of hydrogen-bond acceptors (Lipinski definition) is 5. The van der Waals surface area contributed by atoms with Crippen molar-refractivity contribution >= 4 is 45.7 Å². The van der Waals surface area contributed by atoms with Gasteiger partial charge in [0.25, 0.3) is 5.91 Å². The molecule has 1 aromatic heterocycles. The highest BCUT2D eigenvalue weighted by Crippen LogP contribution is 2.40. The number of carbonyl (C=O) groups is 1. The molecule has 1 amide bonds. The lowest BCUT2D eigenvalue weighted by Gasteiger charge is -2.46. The molecule has 7 nitrogen and oxygen atoms in total. The fourth-order valence-corrected chi connectivity index (χ4v) is 5.64. The number of anilines is 1. The number of rotatable bonds is 6. The first-order chi connectivity index (χ1) is 18.2. The second-order valence-corrected chi connectivity index (χ2v) is 10.5. The number of piperazine rings is 1. The number of methoxy groups -OCH3 is 1. The minimum atomic E-state index is -4.71. The zero-order chi connectivity index (χ0) is 28.8. The number of alkyl halides is 3. The van der Waals surface area contributed by atoms with Gasteiger partial charge in [-0.1, -0.05) is 29.3 Å². The first-order valence-corrected chi connectivity index (χ1v) is 12.7. The molecule has 1 aliphatic rings. The Morgan fingerprint density at radius 3 is 2.33 bits per heavy atom. The van der Waals surface area contributed by atoms with Crippen LogP contribution >= 0.6 is 23.2 Å². The molecule has 2 N–H and O–H groups in total. The highest BCUT2D eigenvalue weighted by molar-refractivity contribution is 6.35. The molecule has 2 atom stereocenters. The van der Waals surface area contributed by atoms with E-state index in [1.807, 2.05) is 19.9 Å². The summed E-state index contributed by atoms with van der Waals surface area (Å²) in [5.41, 5.74) is 4.07. The van der Waals surface area contributed by atoms with E-state index in [-0.39, 0.29) is 29.0 Å². The normalized spacial score (nSPS) is 18.5. The van der Waals surface area contributed by atoms with E-state index in [2.05, 4.69) is 4.90 Å². The van der Waals surface area contributed by atoms with Crippen molar-refractivity contribution in [1.82, 2.24) is 9.47 Å². The van der Waals surface area contributed by atoms with Crippen LogP contribution in [-0.2, 0) is 13.1 Å². The molecule has 0 spiro atoms. The number of amides is 1. The van der Waals surface area contributed by atoms with Gasteiger partial charge in [0.1, 0.15) is 17.8 Å². The van der Waals surface area contributed by atoms with Crippen molar-refractivity contribution in [2.45, 2.75) is 45.2 Å². The van der Waals surface area contributed by atoms with Crippen molar-refractivity contribution in [2.24, 2.45) is 5.73 Å². The molecule has 0 aliphatic carbocycles. The predicted molar refractivity (Wildman–Crippen MR) is 142 cm³/mol. The molecule has 1 saturated heterocycles. The number of nitrogens with zero attached hydrogens (tertiary/aromatic N) is 3. The highest BCUT2D eigenvalue weighted by atomic mass is 35.5. The van der Waals surface area contributed by atoms with Crippen molar-refractivity contribution in [3.8, 4) is 5.75 Å². The van der Waals surface area contributed by atoms with Crippen LogP contribution in [0.5, 0.6) is 5.75 Å². The summed E-state index contributed by atoms with van der Waals surface area (Å²) in [6.07, 6.45) is -3.97. The Morgan fingerprint density at radius 1 is 1.15 bits per heavy atom. The second-order valence-electron chi connectivity index (χ2n) is 9.63. The standard InChI is InChI=1S/C26H26Cl2F4N4O3/c1-13-8-34(9-14(2)36(13)10-15-4-5-16(27)6-19(15)28)22-20(29)7-17-21(24(22)39-3)35(12-26(30,31)32)11-18(23(17)37)25(33)38/h4-7,11,13-14H,8-10,12H2,1-3H3,(H2,33,38). The Kier molecular flexibility index (Phi) is 8.07. The number of fused-ring (bicyclic) bond motifs is 1. The molecule has 0 bridgehead atoms. The van der Waals surface area contributed by atoms with Crippen LogP contribution in [-0.4, -0.2) is 53.8 Å². The number of carbonyl (C=O) groups excluding carboxylic acids is 1. The molecule has 2 aromatic carbocycles. The van der Waals surface area contributed by atoms with Gasteiger partial charge in [-0.05, 0) is 37.6 Å². The third kappa shape index (κ3) is 5.80. The maximum absolute atomic E-state index is 15.7. The van der Waals surface area contributed by atoms with Gasteiger partial charge in [-0.15, -0.1) is 0 Å². The van der Waals surface area contributed by atoms with Crippen LogP contribution in [0.4, 0.5) is 23.2 Å². The summed E-state index contributed by atoms with van der Waals surface area (Å²) in [6.45, 7) is 3.44. The van der Waals surface area contributed by atoms with Crippen LogP contribution in [0.3, 0.4) is 0 Å². The summed E-state index contributed by atoms with van der Waals surface area (Å²) in [6, 6.07) is 5.81.